The largest absolute Gasteiger partial charge is 0.399 e. The van der Waals surface area contributed by atoms with Crippen LogP contribution in [0.1, 0.15) is 19.4 Å². The molecular formula is C12H19NO4S2. The van der Waals surface area contributed by atoms with Crippen LogP contribution in [0.15, 0.2) is 23.1 Å². The van der Waals surface area contributed by atoms with Crippen molar-refractivity contribution < 1.29 is 16.8 Å². The first-order valence-electron chi connectivity index (χ1n) is 5.87. The van der Waals surface area contributed by atoms with Crippen LogP contribution < -0.4 is 5.73 Å². The van der Waals surface area contributed by atoms with Gasteiger partial charge in [-0.05, 0) is 44.5 Å². The van der Waals surface area contributed by atoms with Crippen LogP contribution in [0.4, 0.5) is 5.69 Å². The van der Waals surface area contributed by atoms with Crippen molar-refractivity contribution in [3.8, 4) is 0 Å². The molecule has 0 saturated heterocycles. The second kappa shape index (κ2) is 5.50. The second-order valence-electron chi connectivity index (χ2n) is 4.75. The molecule has 0 radical (unpaired) electrons. The fourth-order valence-electron chi connectivity index (χ4n) is 1.42. The maximum Gasteiger partial charge on any atom is 0.179 e. The van der Waals surface area contributed by atoms with Gasteiger partial charge in [0.05, 0.1) is 21.7 Å². The highest BCUT2D eigenvalue weighted by molar-refractivity contribution is 7.95. The summed E-state index contributed by atoms with van der Waals surface area (Å²) in [6.07, 6.45) is 0. The molecule has 0 saturated carbocycles. The van der Waals surface area contributed by atoms with Crippen molar-refractivity contribution in [3.63, 3.8) is 0 Å². The van der Waals surface area contributed by atoms with Crippen LogP contribution in [-0.2, 0) is 19.7 Å². The summed E-state index contributed by atoms with van der Waals surface area (Å²) in [7, 11) is -6.96. The Morgan fingerprint density at radius 1 is 1.11 bits per heavy atom. The Labute approximate surface area is 114 Å². The van der Waals surface area contributed by atoms with E-state index in [2.05, 4.69) is 0 Å². The first-order valence-corrected chi connectivity index (χ1v) is 9.23. The topological polar surface area (TPSA) is 94.3 Å². The summed E-state index contributed by atoms with van der Waals surface area (Å²) < 4.78 is 47.4. The Kier molecular flexibility index (Phi) is 4.63. The van der Waals surface area contributed by atoms with E-state index in [-0.39, 0.29) is 10.6 Å². The molecule has 2 N–H and O–H groups in total. The predicted octanol–water partition coefficient (Wildman–Crippen LogP) is 1.17. The molecule has 0 amide bonds. The summed E-state index contributed by atoms with van der Waals surface area (Å²) in [4.78, 5) is 0.109. The summed E-state index contributed by atoms with van der Waals surface area (Å²) in [6.45, 7) is 4.78. The van der Waals surface area contributed by atoms with Gasteiger partial charge in [0.1, 0.15) is 0 Å². The lowest BCUT2D eigenvalue weighted by molar-refractivity contribution is 0.582. The second-order valence-corrected chi connectivity index (χ2v) is 9.54. The molecule has 0 heterocycles. The zero-order valence-electron chi connectivity index (χ0n) is 11.3. The predicted molar refractivity (Wildman–Crippen MR) is 76.6 cm³/mol. The van der Waals surface area contributed by atoms with Gasteiger partial charge in [0.2, 0.25) is 0 Å². The van der Waals surface area contributed by atoms with Crippen molar-refractivity contribution in [2.45, 2.75) is 30.9 Å². The Hall–Kier alpha value is -1.08. The molecule has 1 aromatic rings. The van der Waals surface area contributed by atoms with Crippen LogP contribution in [-0.4, -0.2) is 33.6 Å². The first-order chi connectivity index (χ1) is 8.56. The van der Waals surface area contributed by atoms with E-state index in [0.717, 1.165) is 0 Å². The minimum absolute atomic E-state index is 0.109. The molecule has 1 rings (SSSR count). The van der Waals surface area contributed by atoms with E-state index in [9.17, 15) is 16.8 Å². The van der Waals surface area contributed by atoms with Crippen LogP contribution in [0, 0.1) is 6.92 Å². The molecule has 0 aromatic heterocycles. The van der Waals surface area contributed by atoms with Gasteiger partial charge in [-0.2, -0.15) is 0 Å². The molecule has 0 spiro atoms. The zero-order chi connectivity index (χ0) is 14.8. The molecular weight excluding hydrogens is 286 g/mol. The quantitative estimate of drug-likeness (QED) is 0.824. The molecule has 108 valence electrons. The van der Waals surface area contributed by atoms with Crippen LogP contribution in [0.3, 0.4) is 0 Å². The number of benzene rings is 1. The van der Waals surface area contributed by atoms with Gasteiger partial charge in [0.25, 0.3) is 0 Å². The molecule has 0 unspecified atom stereocenters. The van der Waals surface area contributed by atoms with E-state index in [0.29, 0.717) is 11.3 Å². The lowest BCUT2D eigenvalue weighted by atomic mass is 10.2. The summed E-state index contributed by atoms with van der Waals surface area (Å²) in [5, 5.41) is -0.573. The first kappa shape index (κ1) is 16.0. The molecule has 0 bridgehead atoms. The van der Waals surface area contributed by atoms with Crippen molar-refractivity contribution in [1.29, 1.82) is 0 Å². The van der Waals surface area contributed by atoms with E-state index in [4.69, 9.17) is 5.73 Å². The lowest BCUT2D eigenvalue weighted by Gasteiger charge is -2.09. The van der Waals surface area contributed by atoms with Gasteiger partial charge >= 0.3 is 0 Å². The van der Waals surface area contributed by atoms with Crippen molar-refractivity contribution in [3.05, 3.63) is 23.8 Å². The Balaban J connectivity index is 2.97. The molecule has 0 fully saturated rings. The summed E-state index contributed by atoms with van der Waals surface area (Å²) in [5.74, 6) is -0.771. The van der Waals surface area contributed by atoms with E-state index in [1.165, 1.54) is 32.0 Å². The Morgan fingerprint density at radius 2 is 1.68 bits per heavy atom. The SMILES string of the molecule is Cc1cc(S(=O)(=O)CCS(=O)(=O)C(C)C)ccc1N. The van der Waals surface area contributed by atoms with Gasteiger partial charge in [-0.1, -0.05) is 0 Å². The number of nitrogen functional groups attached to an aromatic ring is 1. The van der Waals surface area contributed by atoms with Gasteiger partial charge in [-0.3, -0.25) is 0 Å². The number of rotatable bonds is 5. The van der Waals surface area contributed by atoms with Crippen molar-refractivity contribution >= 4 is 25.4 Å². The highest BCUT2D eigenvalue weighted by Gasteiger charge is 2.22. The number of hydrogen-bond acceptors (Lipinski definition) is 5. The Bertz CT molecular complexity index is 661. The van der Waals surface area contributed by atoms with Gasteiger partial charge in [-0.25, -0.2) is 16.8 Å². The number of nitrogens with two attached hydrogens (primary N) is 1. The smallest absolute Gasteiger partial charge is 0.179 e. The average Bonchev–Trinajstić information content (AvgIpc) is 2.30. The molecule has 0 aliphatic rings. The maximum absolute atomic E-state index is 12.1. The van der Waals surface area contributed by atoms with Gasteiger partial charge < -0.3 is 5.73 Å². The third kappa shape index (κ3) is 3.94. The highest BCUT2D eigenvalue weighted by Crippen LogP contribution is 2.18. The van der Waals surface area contributed by atoms with Gasteiger partial charge in [0.15, 0.2) is 19.7 Å². The van der Waals surface area contributed by atoms with Crippen LogP contribution >= 0.6 is 0 Å². The number of aryl methyl sites for hydroxylation is 1. The summed E-state index contributed by atoms with van der Waals surface area (Å²) >= 11 is 0. The van der Waals surface area contributed by atoms with Crippen LogP contribution in [0.2, 0.25) is 0 Å². The van der Waals surface area contributed by atoms with E-state index in [1.807, 2.05) is 0 Å². The number of anilines is 1. The molecule has 5 nitrogen and oxygen atoms in total. The third-order valence-electron chi connectivity index (χ3n) is 2.96. The Morgan fingerprint density at radius 3 is 2.16 bits per heavy atom. The highest BCUT2D eigenvalue weighted by atomic mass is 32.2. The summed E-state index contributed by atoms with van der Waals surface area (Å²) in [6, 6.07) is 4.38. The van der Waals surface area contributed by atoms with E-state index >= 15 is 0 Å². The number of hydrogen-bond donors (Lipinski definition) is 1. The lowest BCUT2D eigenvalue weighted by Crippen LogP contribution is -2.23. The van der Waals surface area contributed by atoms with Crippen molar-refractivity contribution in [1.82, 2.24) is 0 Å². The van der Waals surface area contributed by atoms with E-state index in [1.54, 1.807) is 6.92 Å². The minimum atomic E-state index is -3.60. The van der Waals surface area contributed by atoms with Crippen LogP contribution in [0.25, 0.3) is 0 Å². The monoisotopic (exact) mass is 305 g/mol. The average molecular weight is 305 g/mol. The van der Waals surface area contributed by atoms with Crippen LogP contribution in [0.5, 0.6) is 0 Å². The third-order valence-corrected chi connectivity index (χ3v) is 7.14. The fourth-order valence-corrected chi connectivity index (χ4v) is 4.57. The molecule has 0 aliphatic carbocycles. The zero-order valence-corrected chi connectivity index (χ0v) is 12.9. The minimum Gasteiger partial charge on any atom is -0.399 e. The standard InChI is InChI=1S/C12H19NO4S2/c1-9(2)18(14,15)6-7-19(16,17)11-4-5-12(13)10(3)8-11/h4-5,8-9H,6-7,13H2,1-3H3. The summed E-state index contributed by atoms with van der Waals surface area (Å²) in [5.41, 5.74) is 6.79. The molecule has 7 heteroatoms. The molecule has 0 aliphatic heterocycles. The maximum atomic E-state index is 12.1. The molecule has 0 atom stereocenters. The molecule has 1 aromatic carbocycles. The van der Waals surface area contributed by atoms with Gasteiger partial charge in [-0.15, -0.1) is 0 Å². The van der Waals surface area contributed by atoms with E-state index < -0.39 is 30.7 Å². The van der Waals surface area contributed by atoms with Crippen molar-refractivity contribution in [2.75, 3.05) is 17.2 Å². The van der Waals surface area contributed by atoms with Crippen molar-refractivity contribution in [2.24, 2.45) is 0 Å². The molecule has 19 heavy (non-hydrogen) atoms. The fraction of sp³-hybridized carbons (Fsp3) is 0.500. The normalized spacial score (nSPS) is 12.8. The number of sulfone groups is 2. The van der Waals surface area contributed by atoms with Gasteiger partial charge in [0, 0.05) is 5.69 Å².